The Bertz CT molecular complexity index is 621. The Morgan fingerprint density at radius 2 is 2.10 bits per heavy atom. The number of nitrogens with zero attached hydrogens (tertiary/aromatic N) is 2. The molecule has 0 bridgehead atoms. The monoisotopic (exact) mass is 292 g/mol. The zero-order valence-corrected chi connectivity index (χ0v) is 13.1. The number of thiophene rings is 1. The molecule has 20 heavy (non-hydrogen) atoms. The highest BCUT2D eigenvalue weighted by Gasteiger charge is 2.12. The molecular formula is C14H20N4OS. The fraction of sp³-hybridized carbons (Fsp3) is 0.500. The molecule has 0 atom stereocenters. The first-order valence-corrected chi connectivity index (χ1v) is 7.52. The van der Waals surface area contributed by atoms with Gasteiger partial charge in [-0.3, -0.25) is 4.79 Å². The second-order valence-corrected chi connectivity index (χ2v) is 6.44. The zero-order chi connectivity index (χ0) is 14.7. The highest BCUT2D eigenvalue weighted by Crippen LogP contribution is 2.32. The molecule has 5 nitrogen and oxygen atoms in total. The molecule has 0 radical (unpaired) electrons. The summed E-state index contributed by atoms with van der Waals surface area (Å²) in [5.41, 5.74) is 1.18. The van der Waals surface area contributed by atoms with Crippen molar-refractivity contribution in [2.45, 2.75) is 27.7 Å². The summed E-state index contributed by atoms with van der Waals surface area (Å²) in [7, 11) is 0. The lowest BCUT2D eigenvalue weighted by molar-refractivity contribution is -0.119. The first-order valence-electron chi connectivity index (χ1n) is 6.70. The van der Waals surface area contributed by atoms with Gasteiger partial charge >= 0.3 is 0 Å². The summed E-state index contributed by atoms with van der Waals surface area (Å²) in [6, 6.07) is 0. The molecule has 6 heteroatoms. The molecule has 2 aromatic rings. The number of rotatable bonds is 5. The van der Waals surface area contributed by atoms with Gasteiger partial charge in [-0.15, -0.1) is 11.3 Å². The van der Waals surface area contributed by atoms with Gasteiger partial charge in [0.2, 0.25) is 5.91 Å². The van der Waals surface area contributed by atoms with E-state index in [4.69, 9.17) is 0 Å². The molecular weight excluding hydrogens is 272 g/mol. The fourth-order valence-corrected chi connectivity index (χ4v) is 2.86. The number of hydrogen-bond donors (Lipinski definition) is 2. The molecule has 108 valence electrons. The van der Waals surface area contributed by atoms with Crippen LogP contribution in [0.1, 0.15) is 24.3 Å². The summed E-state index contributed by atoms with van der Waals surface area (Å²) < 4.78 is 0. The second kappa shape index (κ2) is 6.17. The molecule has 0 saturated heterocycles. The van der Waals surface area contributed by atoms with Crippen LogP contribution < -0.4 is 10.6 Å². The van der Waals surface area contributed by atoms with E-state index in [1.807, 2.05) is 0 Å². The van der Waals surface area contributed by atoms with E-state index in [0.717, 1.165) is 16.0 Å². The molecule has 2 heterocycles. The Labute approximate surface area is 122 Å². The Morgan fingerprint density at radius 1 is 1.35 bits per heavy atom. The van der Waals surface area contributed by atoms with Crippen molar-refractivity contribution in [2.24, 2.45) is 5.92 Å². The molecule has 2 N–H and O–H groups in total. The van der Waals surface area contributed by atoms with E-state index in [9.17, 15) is 4.79 Å². The first-order chi connectivity index (χ1) is 9.49. The number of aromatic nitrogens is 2. The minimum atomic E-state index is -0.0185. The zero-order valence-electron chi connectivity index (χ0n) is 12.3. The Balaban J connectivity index is 2.08. The molecule has 1 amide bonds. The lowest BCUT2D eigenvalue weighted by Crippen LogP contribution is -2.32. The van der Waals surface area contributed by atoms with Crippen LogP contribution in [-0.4, -0.2) is 29.0 Å². The lowest BCUT2D eigenvalue weighted by atomic mass is 10.2. The van der Waals surface area contributed by atoms with Crippen molar-refractivity contribution in [1.82, 2.24) is 15.3 Å². The van der Waals surface area contributed by atoms with Gasteiger partial charge in [0.15, 0.2) is 0 Å². The predicted octanol–water partition coefficient (Wildman–Crippen LogP) is 2.49. The molecule has 0 saturated carbocycles. The number of amides is 1. The molecule has 0 unspecified atom stereocenters. The third-order valence-corrected chi connectivity index (χ3v) is 4.20. The van der Waals surface area contributed by atoms with E-state index in [0.29, 0.717) is 12.5 Å². The van der Waals surface area contributed by atoms with E-state index in [2.05, 4.69) is 48.3 Å². The van der Waals surface area contributed by atoms with Crippen molar-refractivity contribution in [2.75, 3.05) is 18.4 Å². The summed E-state index contributed by atoms with van der Waals surface area (Å²) in [6.07, 6.45) is 1.53. The number of carbonyl (C=O) groups excluding carboxylic acids is 1. The van der Waals surface area contributed by atoms with E-state index in [1.54, 1.807) is 11.3 Å². The SMILES string of the molecule is Cc1sc2ncnc(NCC(=O)NCC(C)C)c2c1C. The van der Waals surface area contributed by atoms with Crippen LogP contribution in [0.15, 0.2) is 6.33 Å². The molecule has 2 rings (SSSR count). The minimum absolute atomic E-state index is 0.0185. The van der Waals surface area contributed by atoms with Crippen molar-refractivity contribution < 1.29 is 4.79 Å². The topological polar surface area (TPSA) is 66.9 Å². The third kappa shape index (κ3) is 3.25. The average molecular weight is 292 g/mol. The van der Waals surface area contributed by atoms with Crippen molar-refractivity contribution >= 4 is 33.3 Å². The summed E-state index contributed by atoms with van der Waals surface area (Å²) in [5, 5.41) is 7.01. The molecule has 2 aromatic heterocycles. The van der Waals surface area contributed by atoms with Gasteiger partial charge in [0.25, 0.3) is 0 Å². The normalized spacial score (nSPS) is 11.1. The molecule has 0 aliphatic carbocycles. The maximum absolute atomic E-state index is 11.7. The number of nitrogens with one attached hydrogen (secondary N) is 2. The Kier molecular flexibility index (Phi) is 4.54. The number of hydrogen-bond acceptors (Lipinski definition) is 5. The predicted molar refractivity (Wildman–Crippen MR) is 83.2 cm³/mol. The van der Waals surface area contributed by atoms with Crippen LogP contribution >= 0.6 is 11.3 Å². The van der Waals surface area contributed by atoms with Gasteiger partial charge in [0.05, 0.1) is 11.9 Å². The van der Waals surface area contributed by atoms with Crippen molar-refractivity contribution in [3.05, 3.63) is 16.8 Å². The Hall–Kier alpha value is -1.69. The molecule has 0 spiro atoms. The van der Waals surface area contributed by atoms with E-state index < -0.39 is 0 Å². The summed E-state index contributed by atoms with van der Waals surface area (Å²) in [4.78, 5) is 22.5. The van der Waals surface area contributed by atoms with Crippen molar-refractivity contribution in [3.63, 3.8) is 0 Å². The maximum atomic E-state index is 11.7. The van der Waals surface area contributed by atoms with Crippen molar-refractivity contribution in [1.29, 1.82) is 0 Å². The van der Waals surface area contributed by atoms with Crippen LogP contribution in [0.4, 0.5) is 5.82 Å². The first kappa shape index (κ1) is 14.7. The van der Waals surface area contributed by atoms with Crippen LogP contribution in [0.3, 0.4) is 0 Å². The number of anilines is 1. The number of carbonyl (C=O) groups is 1. The second-order valence-electron chi connectivity index (χ2n) is 5.24. The summed E-state index contributed by atoms with van der Waals surface area (Å²) in [5.74, 6) is 1.16. The van der Waals surface area contributed by atoms with Crippen molar-refractivity contribution in [3.8, 4) is 0 Å². The van der Waals surface area contributed by atoms with E-state index in [1.165, 1.54) is 16.8 Å². The number of aryl methyl sites for hydroxylation is 2. The maximum Gasteiger partial charge on any atom is 0.239 e. The van der Waals surface area contributed by atoms with Gasteiger partial charge in [0.1, 0.15) is 17.0 Å². The van der Waals surface area contributed by atoms with E-state index >= 15 is 0 Å². The largest absolute Gasteiger partial charge is 0.360 e. The van der Waals surface area contributed by atoms with Crippen LogP contribution in [0.5, 0.6) is 0 Å². The van der Waals surface area contributed by atoms with Gasteiger partial charge in [-0.25, -0.2) is 9.97 Å². The van der Waals surface area contributed by atoms with Gasteiger partial charge < -0.3 is 10.6 Å². The van der Waals surface area contributed by atoms with Crippen LogP contribution in [-0.2, 0) is 4.79 Å². The smallest absolute Gasteiger partial charge is 0.239 e. The molecule has 0 aliphatic heterocycles. The summed E-state index contributed by atoms with van der Waals surface area (Å²) in [6.45, 7) is 9.18. The average Bonchev–Trinajstić information content (AvgIpc) is 2.70. The van der Waals surface area contributed by atoms with Gasteiger partial charge in [0, 0.05) is 11.4 Å². The summed E-state index contributed by atoms with van der Waals surface area (Å²) >= 11 is 1.65. The van der Waals surface area contributed by atoms with Gasteiger partial charge in [-0.05, 0) is 25.3 Å². The molecule has 0 fully saturated rings. The van der Waals surface area contributed by atoms with Crippen LogP contribution in [0.2, 0.25) is 0 Å². The lowest BCUT2D eigenvalue weighted by Gasteiger charge is -2.09. The minimum Gasteiger partial charge on any atom is -0.360 e. The van der Waals surface area contributed by atoms with Gasteiger partial charge in [-0.1, -0.05) is 13.8 Å². The van der Waals surface area contributed by atoms with Crippen LogP contribution in [0, 0.1) is 19.8 Å². The molecule has 0 aliphatic rings. The molecule has 0 aromatic carbocycles. The Morgan fingerprint density at radius 3 is 2.80 bits per heavy atom. The van der Waals surface area contributed by atoms with Crippen LogP contribution in [0.25, 0.3) is 10.2 Å². The fourth-order valence-electron chi connectivity index (χ4n) is 1.86. The number of fused-ring (bicyclic) bond motifs is 1. The van der Waals surface area contributed by atoms with Gasteiger partial charge in [-0.2, -0.15) is 0 Å². The highest BCUT2D eigenvalue weighted by atomic mass is 32.1. The quantitative estimate of drug-likeness (QED) is 0.888. The standard InChI is InChI=1S/C14H20N4OS/c1-8(2)5-15-11(19)6-16-13-12-9(3)10(4)20-14(12)18-7-17-13/h7-8H,5-6H2,1-4H3,(H,15,19)(H,16,17,18). The third-order valence-electron chi connectivity index (χ3n) is 3.09. The van der Waals surface area contributed by atoms with E-state index in [-0.39, 0.29) is 12.5 Å². The highest BCUT2D eigenvalue weighted by molar-refractivity contribution is 7.18.